The maximum atomic E-state index is 13.6. The molecular weight excluding hydrogens is 444 g/mol. The van der Waals surface area contributed by atoms with Crippen molar-refractivity contribution in [3.05, 3.63) is 113 Å². The van der Waals surface area contributed by atoms with Crippen LogP contribution in [-0.2, 0) is 19.5 Å². The lowest BCUT2D eigenvalue weighted by atomic mass is 10.00. The van der Waals surface area contributed by atoms with Crippen molar-refractivity contribution in [2.24, 2.45) is 0 Å². The van der Waals surface area contributed by atoms with E-state index in [9.17, 15) is 13.6 Å². The molecule has 0 unspecified atom stereocenters. The lowest BCUT2D eigenvalue weighted by Crippen LogP contribution is -2.32. The number of hydrogen-bond donors (Lipinski definition) is 0. The fraction of sp³-hybridized carbons (Fsp3) is 0.241. The van der Waals surface area contributed by atoms with E-state index in [0.717, 1.165) is 43.7 Å². The number of ketones is 1. The van der Waals surface area contributed by atoms with Gasteiger partial charge in [-0.05, 0) is 67.1 Å². The predicted molar refractivity (Wildman–Crippen MR) is 132 cm³/mol. The molecule has 0 aliphatic carbocycles. The van der Waals surface area contributed by atoms with Crippen LogP contribution in [0.3, 0.4) is 0 Å². The average Bonchev–Trinajstić information content (AvgIpc) is 3.23. The van der Waals surface area contributed by atoms with E-state index in [1.54, 1.807) is 24.3 Å². The molecule has 6 heteroatoms. The summed E-state index contributed by atoms with van der Waals surface area (Å²) in [6.07, 6.45) is 2.02. The van der Waals surface area contributed by atoms with Crippen LogP contribution in [0.1, 0.15) is 40.0 Å². The van der Waals surface area contributed by atoms with Gasteiger partial charge in [-0.3, -0.25) is 14.4 Å². The van der Waals surface area contributed by atoms with E-state index in [-0.39, 0.29) is 17.4 Å². The lowest BCUT2D eigenvalue weighted by molar-refractivity contribution is 0.0973. The third-order valence-corrected chi connectivity index (χ3v) is 6.55. The number of rotatable bonds is 8. The molecule has 5 rings (SSSR count). The van der Waals surface area contributed by atoms with E-state index in [1.165, 1.54) is 41.1 Å². The van der Waals surface area contributed by atoms with Crippen molar-refractivity contribution in [1.82, 2.24) is 14.7 Å². The van der Waals surface area contributed by atoms with Crippen LogP contribution in [0.5, 0.6) is 0 Å². The second kappa shape index (κ2) is 10.3. The highest BCUT2D eigenvalue weighted by Gasteiger charge is 2.25. The van der Waals surface area contributed by atoms with Crippen LogP contribution >= 0.6 is 0 Å². The molecule has 0 bridgehead atoms. The molecule has 1 aliphatic heterocycles. The van der Waals surface area contributed by atoms with Crippen molar-refractivity contribution in [1.29, 1.82) is 0 Å². The Bertz CT molecular complexity index is 1300. The van der Waals surface area contributed by atoms with E-state index >= 15 is 0 Å². The topological polar surface area (TPSA) is 38.1 Å². The second-order valence-electron chi connectivity index (χ2n) is 8.98. The summed E-state index contributed by atoms with van der Waals surface area (Å²) in [6, 6.07) is 22.5. The smallest absolute Gasteiger partial charge is 0.162 e. The van der Waals surface area contributed by atoms with Gasteiger partial charge in [0.2, 0.25) is 0 Å². The van der Waals surface area contributed by atoms with Crippen molar-refractivity contribution < 1.29 is 13.6 Å². The molecule has 4 aromatic rings. The summed E-state index contributed by atoms with van der Waals surface area (Å²) in [5.74, 6) is -0.570. The third-order valence-electron chi connectivity index (χ3n) is 6.55. The fourth-order valence-corrected chi connectivity index (χ4v) is 4.71. The van der Waals surface area contributed by atoms with Crippen LogP contribution in [0.2, 0.25) is 0 Å². The van der Waals surface area contributed by atoms with Gasteiger partial charge in [-0.25, -0.2) is 8.78 Å². The van der Waals surface area contributed by atoms with Crippen molar-refractivity contribution in [3.63, 3.8) is 0 Å². The van der Waals surface area contributed by atoms with Gasteiger partial charge in [0.15, 0.2) is 5.78 Å². The average molecular weight is 472 g/mol. The SMILES string of the molecule is O=C(CCCN1CCc2c(c(-c3ccc(F)cc3)nn2Cc2ccccc2)C1)c1ccc(F)cc1. The Hall–Kier alpha value is -3.64. The predicted octanol–water partition coefficient (Wildman–Crippen LogP) is 5.90. The number of aromatic nitrogens is 2. The van der Waals surface area contributed by atoms with Crippen LogP contribution in [0.4, 0.5) is 8.78 Å². The zero-order valence-electron chi connectivity index (χ0n) is 19.5. The molecule has 0 fully saturated rings. The normalized spacial score (nSPS) is 13.5. The van der Waals surface area contributed by atoms with Gasteiger partial charge < -0.3 is 0 Å². The van der Waals surface area contributed by atoms with E-state index < -0.39 is 0 Å². The maximum absolute atomic E-state index is 13.6. The van der Waals surface area contributed by atoms with Crippen LogP contribution in [0.15, 0.2) is 78.9 Å². The Morgan fingerprint density at radius 2 is 1.57 bits per heavy atom. The molecule has 2 heterocycles. The standard InChI is InChI=1S/C29H27F2N3O/c30-24-12-8-22(9-13-24)28(35)7-4-17-33-18-16-27-26(20-33)29(23-10-14-25(31)15-11-23)32-34(27)19-21-5-2-1-3-6-21/h1-3,5-6,8-15H,4,7,16-20H2. The summed E-state index contributed by atoms with van der Waals surface area (Å²) in [6.45, 7) is 3.11. The minimum absolute atomic E-state index is 0.0328. The molecule has 1 aromatic heterocycles. The molecule has 178 valence electrons. The highest BCUT2D eigenvalue weighted by atomic mass is 19.1. The Morgan fingerprint density at radius 3 is 2.29 bits per heavy atom. The largest absolute Gasteiger partial charge is 0.299 e. The van der Waals surface area contributed by atoms with Gasteiger partial charge >= 0.3 is 0 Å². The Balaban J connectivity index is 1.32. The molecule has 0 N–H and O–H groups in total. The number of Topliss-reactive ketones (excluding diaryl/α,β-unsaturated/α-hetero) is 1. The number of benzene rings is 3. The van der Waals surface area contributed by atoms with Gasteiger partial charge in [-0.2, -0.15) is 5.10 Å². The van der Waals surface area contributed by atoms with Crippen molar-refractivity contribution in [3.8, 4) is 11.3 Å². The summed E-state index contributed by atoms with van der Waals surface area (Å²) in [7, 11) is 0. The van der Waals surface area contributed by atoms with E-state index in [1.807, 2.05) is 18.2 Å². The Morgan fingerprint density at radius 1 is 0.886 bits per heavy atom. The lowest BCUT2D eigenvalue weighted by Gasteiger charge is -2.27. The molecule has 0 atom stereocenters. The molecule has 3 aromatic carbocycles. The second-order valence-corrected chi connectivity index (χ2v) is 8.98. The summed E-state index contributed by atoms with van der Waals surface area (Å²) in [5, 5.41) is 4.96. The highest BCUT2D eigenvalue weighted by molar-refractivity contribution is 5.95. The zero-order chi connectivity index (χ0) is 24.2. The molecule has 35 heavy (non-hydrogen) atoms. The van der Waals surface area contributed by atoms with Crippen LogP contribution in [-0.4, -0.2) is 33.6 Å². The van der Waals surface area contributed by atoms with E-state index in [2.05, 4.69) is 21.7 Å². The third kappa shape index (κ3) is 5.38. The first-order valence-corrected chi connectivity index (χ1v) is 12.0. The summed E-state index contributed by atoms with van der Waals surface area (Å²) in [5.41, 5.74) is 5.92. The molecule has 4 nitrogen and oxygen atoms in total. The first kappa shape index (κ1) is 23.1. The van der Waals surface area contributed by atoms with Gasteiger partial charge in [0.25, 0.3) is 0 Å². The fourth-order valence-electron chi connectivity index (χ4n) is 4.71. The first-order valence-electron chi connectivity index (χ1n) is 12.0. The summed E-state index contributed by atoms with van der Waals surface area (Å²) in [4.78, 5) is 14.8. The quantitative estimate of drug-likeness (QED) is 0.301. The molecule has 0 saturated heterocycles. The van der Waals surface area contributed by atoms with Gasteiger partial charge in [-0.1, -0.05) is 30.3 Å². The Labute approximate surface area is 203 Å². The number of carbonyl (C=O) groups excluding carboxylic acids is 1. The van der Waals surface area contributed by atoms with Gasteiger partial charge in [0.05, 0.1) is 12.2 Å². The monoisotopic (exact) mass is 471 g/mol. The number of nitrogens with zero attached hydrogens (tertiary/aromatic N) is 3. The molecule has 0 amide bonds. The van der Waals surface area contributed by atoms with Gasteiger partial charge in [-0.15, -0.1) is 0 Å². The minimum atomic E-state index is -0.338. The van der Waals surface area contributed by atoms with Crippen LogP contribution < -0.4 is 0 Å². The number of halogens is 2. The van der Waals surface area contributed by atoms with E-state index in [4.69, 9.17) is 5.10 Å². The van der Waals surface area contributed by atoms with Crippen molar-refractivity contribution in [2.75, 3.05) is 13.1 Å². The number of carbonyl (C=O) groups is 1. The molecule has 0 radical (unpaired) electrons. The zero-order valence-corrected chi connectivity index (χ0v) is 19.5. The molecule has 1 aliphatic rings. The Kier molecular flexibility index (Phi) is 6.82. The number of fused-ring (bicyclic) bond motifs is 1. The first-order chi connectivity index (χ1) is 17.1. The van der Waals surface area contributed by atoms with Crippen LogP contribution in [0.25, 0.3) is 11.3 Å². The highest BCUT2D eigenvalue weighted by Crippen LogP contribution is 2.31. The van der Waals surface area contributed by atoms with Crippen molar-refractivity contribution in [2.45, 2.75) is 32.4 Å². The molecule has 0 spiro atoms. The molecular formula is C29H27F2N3O. The summed E-state index contributed by atoms with van der Waals surface area (Å²) < 4.78 is 28.8. The number of hydrogen-bond acceptors (Lipinski definition) is 3. The van der Waals surface area contributed by atoms with Gasteiger partial charge in [0.1, 0.15) is 11.6 Å². The van der Waals surface area contributed by atoms with E-state index in [0.29, 0.717) is 18.5 Å². The van der Waals surface area contributed by atoms with Crippen molar-refractivity contribution >= 4 is 5.78 Å². The minimum Gasteiger partial charge on any atom is -0.299 e. The molecule has 0 saturated carbocycles. The van der Waals surface area contributed by atoms with Crippen LogP contribution in [0, 0.1) is 11.6 Å². The van der Waals surface area contributed by atoms with Gasteiger partial charge in [0, 0.05) is 48.3 Å². The maximum Gasteiger partial charge on any atom is 0.162 e. The summed E-state index contributed by atoms with van der Waals surface area (Å²) >= 11 is 0.